The van der Waals surface area contributed by atoms with Gasteiger partial charge in [0, 0.05) is 10.8 Å². The number of piperidine rings is 1. The second kappa shape index (κ2) is 4.42. The zero-order valence-electron chi connectivity index (χ0n) is 9.87. The molecule has 1 saturated carbocycles. The van der Waals surface area contributed by atoms with Crippen LogP contribution in [0.5, 0.6) is 0 Å². The molecule has 4 heteroatoms. The number of amides is 1. The van der Waals surface area contributed by atoms with Crippen LogP contribution in [-0.2, 0) is 11.3 Å². The van der Waals surface area contributed by atoms with E-state index in [-0.39, 0.29) is 11.8 Å². The van der Waals surface area contributed by atoms with Crippen molar-refractivity contribution in [3.63, 3.8) is 0 Å². The van der Waals surface area contributed by atoms with Crippen LogP contribution in [0, 0.1) is 11.3 Å². The molecule has 2 heterocycles. The lowest BCUT2D eigenvalue weighted by molar-refractivity contribution is -0.123. The van der Waals surface area contributed by atoms with E-state index in [4.69, 9.17) is 0 Å². The normalized spacial score (nSPS) is 25.8. The zero-order chi connectivity index (χ0) is 11.7. The molecule has 92 valence electrons. The molecule has 2 aliphatic rings. The maximum Gasteiger partial charge on any atom is 0.223 e. The van der Waals surface area contributed by atoms with Gasteiger partial charge >= 0.3 is 0 Å². The first kappa shape index (κ1) is 11.2. The standard InChI is InChI=1S/C13H18N2OS/c16-12(15-9-10-2-1-7-17-10)11-8-13(11)3-5-14-6-4-13/h1-2,7,11,14H,3-6,8-9H2,(H,15,16). The van der Waals surface area contributed by atoms with E-state index in [1.54, 1.807) is 11.3 Å². The van der Waals surface area contributed by atoms with Crippen molar-refractivity contribution in [1.29, 1.82) is 0 Å². The second-order valence-electron chi connectivity index (χ2n) is 5.17. The Morgan fingerprint density at radius 3 is 3.06 bits per heavy atom. The summed E-state index contributed by atoms with van der Waals surface area (Å²) in [6.07, 6.45) is 3.44. The van der Waals surface area contributed by atoms with Gasteiger partial charge in [0.05, 0.1) is 6.54 Å². The number of carbonyl (C=O) groups excluding carboxylic acids is 1. The Bertz CT molecular complexity index is 396. The molecule has 3 nitrogen and oxygen atoms in total. The van der Waals surface area contributed by atoms with Crippen molar-refractivity contribution in [2.75, 3.05) is 13.1 Å². The Kier molecular flexibility index (Phi) is 2.92. The van der Waals surface area contributed by atoms with Gasteiger partial charge in [-0.05, 0) is 49.2 Å². The topological polar surface area (TPSA) is 41.1 Å². The molecule has 1 saturated heterocycles. The van der Waals surface area contributed by atoms with E-state index in [9.17, 15) is 4.79 Å². The molecular formula is C13H18N2OS. The van der Waals surface area contributed by atoms with Crippen LogP contribution in [0.2, 0.25) is 0 Å². The molecule has 17 heavy (non-hydrogen) atoms. The predicted octanol–water partition coefficient (Wildman–Crippen LogP) is 1.75. The molecule has 1 aromatic heterocycles. The summed E-state index contributed by atoms with van der Waals surface area (Å²) in [4.78, 5) is 13.3. The third-order valence-electron chi connectivity index (χ3n) is 4.12. The van der Waals surface area contributed by atoms with E-state index >= 15 is 0 Å². The lowest BCUT2D eigenvalue weighted by Crippen LogP contribution is -2.33. The number of rotatable bonds is 3. The predicted molar refractivity (Wildman–Crippen MR) is 68.8 cm³/mol. The quantitative estimate of drug-likeness (QED) is 0.858. The van der Waals surface area contributed by atoms with Gasteiger partial charge in [0.1, 0.15) is 0 Å². The first-order valence-corrected chi connectivity index (χ1v) is 7.19. The maximum absolute atomic E-state index is 12.0. The fourth-order valence-corrected chi connectivity index (χ4v) is 3.55. The van der Waals surface area contributed by atoms with Gasteiger partial charge in [-0.1, -0.05) is 6.07 Å². The summed E-state index contributed by atoms with van der Waals surface area (Å²) >= 11 is 1.70. The number of thiophene rings is 1. The Morgan fingerprint density at radius 1 is 1.53 bits per heavy atom. The van der Waals surface area contributed by atoms with Crippen LogP contribution in [0.15, 0.2) is 17.5 Å². The zero-order valence-corrected chi connectivity index (χ0v) is 10.7. The monoisotopic (exact) mass is 250 g/mol. The van der Waals surface area contributed by atoms with Gasteiger partial charge in [0.15, 0.2) is 0 Å². The third-order valence-corrected chi connectivity index (χ3v) is 5.00. The number of carbonyl (C=O) groups is 1. The van der Waals surface area contributed by atoms with E-state index in [0.29, 0.717) is 12.0 Å². The van der Waals surface area contributed by atoms with Crippen LogP contribution in [0.1, 0.15) is 24.1 Å². The van der Waals surface area contributed by atoms with Gasteiger partial charge < -0.3 is 10.6 Å². The molecule has 2 N–H and O–H groups in total. The van der Waals surface area contributed by atoms with Crippen LogP contribution in [0.3, 0.4) is 0 Å². The highest BCUT2D eigenvalue weighted by molar-refractivity contribution is 7.09. The molecule has 0 radical (unpaired) electrons. The fourth-order valence-electron chi connectivity index (χ4n) is 2.91. The first-order valence-electron chi connectivity index (χ1n) is 6.31. The van der Waals surface area contributed by atoms with Crippen molar-refractivity contribution in [2.24, 2.45) is 11.3 Å². The van der Waals surface area contributed by atoms with E-state index in [2.05, 4.69) is 16.7 Å². The van der Waals surface area contributed by atoms with Crippen molar-refractivity contribution in [2.45, 2.75) is 25.8 Å². The molecule has 0 aromatic carbocycles. The van der Waals surface area contributed by atoms with Gasteiger partial charge in [-0.2, -0.15) is 0 Å². The van der Waals surface area contributed by atoms with Crippen molar-refractivity contribution >= 4 is 17.2 Å². The van der Waals surface area contributed by atoms with Crippen LogP contribution < -0.4 is 10.6 Å². The van der Waals surface area contributed by atoms with Gasteiger partial charge in [-0.3, -0.25) is 4.79 Å². The molecule has 0 bridgehead atoms. The van der Waals surface area contributed by atoms with Gasteiger partial charge in [0.25, 0.3) is 0 Å². The molecule has 1 aromatic rings. The molecular weight excluding hydrogens is 232 g/mol. The summed E-state index contributed by atoms with van der Waals surface area (Å²) in [5.41, 5.74) is 0.352. The van der Waals surface area contributed by atoms with Gasteiger partial charge in [-0.25, -0.2) is 0 Å². The largest absolute Gasteiger partial charge is 0.351 e. The van der Waals surface area contributed by atoms with Crippen molar-refractivity contribution in [1.82, 2.24) is 10.6 Å². The molecule has 1 spiro atoms. The number of nitrogens with one attached hydrogen (secondary N) is 2. The van der Waals surface area contributed by atoms with E-state index < -0.39 is 0 Å². The van der Waals surface area contributed by atoms with Crippen molar-refractivity contribution < 1.29 is 4.79 Å². The molecule has 1 amide bonds. The fraction of sp³-hybridized carbons (Fsp3) is 0.615. The lowest BCUT2D eigenvalue weighted by Gasteiger charge is -2.23. The minimum Gasteiger partial charge on any atom is -0.351 e. The van der Waals surface area contributed by atoms with Crippen LogP contribution in [0.25, 0.3) is 0 Å². The summed E-state index contributed by atoms with van der Waals surface area (Å²) in [5, 5.41) is 8.48. The number of hydrogen-bond donors (Lipinski definition) is 2. The highest BCUT2D eigenvalue weighted by atomic mass is 32.1. The van der Waals surface area contributed by atoms with Crippen LogP contribution >= 0.6 is 11.3 Å². The minimum absolute atomic E-state index is 0.264. The maximum atomic E-state index is 12.0. The minimum atomic E-state index is 0.264. The van der Waals surface area contributed by atoms with Crippen molar-refractivity contribution in [3.8, 4) is 0 Å². The summed E-state index contributed by atoms with van der Waals surface area (Å²) in [5.74, 6) is 0.546. The van der Waals surface area contributed by atoms with Gasteiger partial charge in [0.2, 0.25) is 5.91 Å². The first-order chi connectivity index (χ1) is 8.30. The highest BCUT2D eigenvalue weighted by Crippen LogP contribution is 2.58. The highest BCUT2D eigenvalue weighted by Gasteiger charge is 2.57. The van der Waals surface area contributed by atoms with Gasteiger partial charge in [-0.15, -0.1) is 11.3 Å². The molecule has 1 aliphatic carbocycles. The molecule has 1 aliphatic heterocycles. The lowest BCUT2D eigenvalue weighted by atomic mass is 9.92. The average Bonchev–Trinajstić information content (AvgIpc) is 2.82. The van der Waals surface area contributed by atoms with E-state index in [1.165, 1.54) is 17.7 Å². The Labute approximate surface area is 106 Å². The third kappa shape index (κ3) is 2.24. The summed E-state index contributed by atoms with van der Waals surface area (Å²) in [6, 6.07) is 4.09. The SMILES string of the molecule is O=C(NCc1cccs1)C1CC12CCNCC2. The van der Waals surface area contributed by atoms with E-state index in [1.807, 2.05) is 11.4 Å². The molecule has 1 atom stereocenters. The van der Waals surface area contributed by atoms with Crippen LogP contribution in [-0.4, -0.2) is 19.0 Å². The molecule has 2 fully saturated rings. The Morgan fingerprint density at radius 2 is 2.35 bits per heavy atom. The number of hydrogen-bond acceptors (Lipinski definition) is 3. The smallest absolute Gasteiger partial charge is 0.223 e. The second-order valence-corrected chi connectivity index (χ2v) is 6.20. The Balaban J connectivity index is 1.51. The molecule has 3 rings (SSSR count). The van der Waals surface area contributed by atoms with Crippen molar-refractivity contribution in [3.05, 3.63) is 22.4 Å². The van der Waals surface area contributed by atoms with Crippen LogP contribution in [0.4, 0.5) is 0 Å². The molecule has 1 unspecified atom stereocenters. The summed E-state index contributed by atoms with van der Waals surface area (Å²) < 4.78 is 0. The summed E-state index contributed by atoms with van der Waals surface area (Å²) in [7, 11) is 0. The average molecular weight is 250 g/mol. The summed E-state index contributed by atoms with van der Waals surface area (Å²) in [6.45, 7) is 2.85. The van der Waals surface area contributed by atoms with E-state index in [0.717, 1.165) is 19.5 Å². The Hall–Kier alpha value is -0.870.